The largest absolute Gasteiger partial charge is 0.506 e. The molecule has 0 aliphatic heterocycles. The van der Waals surface area contributed by atoms with Gasteiger partial charge in [0.25, 0.3) is 11.6 Å². The number of nitro groups is 1. The summed E-state index contributed by atoms with van der Waals surface area (Å²) in [7, 11) is 0. The SMILES string of the molecule is CCc1occc1C(=O)Nc1cc([N+](=O)[O-])ccc1O. The Morgan fingerprint density at radius 3 is 2.85 bits per heavy atom. The molecule has 0 bridgehead atoms. The van der Waals surface area contributed by atoms with Crippen molar-refractivity contribution in [3.63, 3.8) is 0 Å². The van der Waals surface area contributed by atoms with Crippen LogP contribution in [-0.4, -0.2) is 15.9 Å². The van der Waals surface area contributed by atoms with Crippen LogP contribution in [0.25, 0.3) is 0 Å². The van der Waals surface area contributed by atoms with E-state index in [-0.39, 0.29) is 17.1 Å². The van der Waals surface area contributed by atoms with Crippen LogP contribution in [0.4, 0.5) is 11.4 Å². The fourth-order valence-corrected chi connectivity index (χ4v) is 1.74. The second kappa shape index (κ2) is 5.43. The Morgan fingerprint density at radius 1 is 1.45 bits per heavy atom. The molecular formula is C13H12N2O5. The standard InChI is InChI=1S/C13H12N2O5/c1-2-12-9(5-6-20-12)13(17)14-10-7-8(15(18)19)3-4-11(10)16/h3-7,16H,2H2,1H3,(H,14,17). The quantitative estimate of drug-likeness (QED) is 0.507. The summed E-state index contributed by atoms with van der Waals surface area (Å²) in [6, 6.07) is 4.91. The summed E-state index contributed by atoms with van der Waals surface area (Å²) in [5.41, 5.74) is 0.0897. The molecule has 0 saturated carbocycles. The smallest absolute Gasteiger partial charge is 0.271 e. The van der Waals surface area contributed by atoms with E-state index >= 15 is 0 Å². The zero-order chi connectivity index (χ0) is 14.7. The number of anilines is 1. The van der Waals surface area contributed by atoms with Crippen LogP contribution < -0.4 is 5.32 Å². The van der Waals surface area contributed by atoms with Gasteiger partial charge in [-0.05, 0) is 12.1 Å². The number of hydrogen-bond donors (Lipinski definition) is 2. The van der Waals surface area contributed by atoms with Crippen molar-refractivity contribution in [3.05, 3.63) is 52.0 Å². The van der Waals surface area contributed by atoms with E-state index < -0.39 is 10.8 Å². The van der Waals surface area contributed by atoms with Gasteiger partial charge in [-0.2, -0.15) is 0 Å². The topological polar surface area (TPSA) is 106 Å². The Kier molecular flexibility index (Phi) is 3.69. The molecule has 2 aromatic rings. The minimum absolute atomic E-state index is 0.0209. The number of phenolic OH excluding ortho intramolecular Hbond substituents is 1. The van der Waals surface area contributed by atoms with Gasteiger partial charge in [-0.25, -0.2) is 0 Å². The number of nitrogens with zero attached hydrogens (tertiary/aromatic N) is 1. The lowest BCUT2D eigenvalue weighted by Gasteiger charge is -2.06. The highest BCUT2D eigenvalue weighted by molar-refractivity contribution is 6.05. The van der Waals surface area contributed by atoms with Crippen LogP contribution >= 0.6 is 0 Å². The van der Waals surface area contributed by atoms with E-state index in [9.17, 15) is 20.0 Å². The molecule has 0 aliphatic carbocycles. The van der Waals surface area contributed by atoms with Crippen molar-refractivity contribution in [2.24, 2.45) is 0 Å². The number of rotatable bonds is 4. The average Bonchev–Trinajstić information content (AvgIpc) is 2.89. The maximum absolute atomic E-state index is 12.0. The number of benzene rings is 1. The van der Waals surface area contributed by atoms with Crippen molar-refractivity contribution in [1.82, 2.24) is 0 Å². The fourth-order valence-electron chi connectivity index (χ4n) is 1.74. The predicted molar refractivity (Wildman–Crippen MR) is 70.8 cm³/mol. The molecule has 1 aromatic heterocycles. The Balaban J connectivity index is 2.28. The number of non-ortho nitro benzene ring substituents is 1. The highest BCUT2D eigenvalue weighted by Gasteiger charge is 2.17. The number of phenols is 1. The van der Waals surface area contributed by atoms with Crippen molar-refractivity contribution >= 4 is 17.3 Å². The number of carbonyl (C=O) groups excluding carboxylic acids is 1. The zero-order valence-corrected chi connectivity index (χ0v) is 10.6. The molecule has 2 rings (SSSR count). The Hall–Kier alpha value is -2.83. The summed E-state index contributed by atoms with van der Waals surface area (Å²) in [5, 5.41) is 22.7. The van der Waals surface area contributed by atoms with Gasteiger partial charge < -0.3 is 14.8 Å². The van der Waals surface area contributed by atoms with E-state index in [0.717, 1.165) is 18.2 Å². The Labute approximate surface area is 114 Å². The summed E-state index contributed by atoms with van der Waals surface area (Å²) in [5.74, 6) is -0.232. The summed E-state index contributed by atoms with van der Waals surface area (Å²) in [6.07, 6.45) is 1.93. The van der Waals surface area contributed by atoms with Crippen LogP contribution in [0.1, 0.15) is 23.0 Å². The molecule has 1 amide bonds. The van der Waals surface area contributed by atoms with E-state index in [1.807, 2.05) is 6.92 Å². The molecule has 0 aliphatic rings. The second-order valence-corrected chi connectivity index (χ2v) is 4.02. The van der Waals surface area contributed by atoms with Gasteiger partial charge in [0.2, 0.25) is 0 Å². The Morgan fingerprint density at radius 2 is 2.20 bits per heavy atom. The molecule has 0 fully saturated rings. The number of aryl methyl sites for hydroxylation is 1. The lowest BCUT2D eigenvalue weighted by Crippen LogP contribution is -2.13. The van der Waals surface area contributed by atoms with Crippen molar-refractivity contribution in [2.75, 3.05) is 5.32 Å². The van der Waals surface area contributed by atoms with Gasteiger partial charge in [-0.3, -0.25) is 14.9 Å². The molecule has 0 atom stereocenters. The van der Waals surface area contributed by atoms with Gasteiger partial charge in [-0.15, -0.1) is 0 Å². The molecular weight excluding hydrogens is 264 g/mol. The third-order valence-corrected chi connectivity index (χ3v) is 2.75. The van der Waals surface area contributed by atoms with Crippen molar-refractivity contribution in [1.29, 1.82) is 0 Å². The van der Waals surface area contributed by atoms with Crippen molar-refractivity contribution in [2.45, 2.75) is 13.3 Å². The van der Waals surface area contributed by atoms with Crippen LogP contribution in [0.3, 0.4) is 0 Å². The lowest BCUT2D eigenvalue weighted by molar-refractivity contribution is -0.384. The van der Waals surface area contributed by atoms with E-state index in [4.69, 9.17) is 4.42 Å². The van der Waals surface area contributed by atoms with Gasteiger partial charge in [0.05, 0.1) is 22.4 Å². The fraction of sp³-hybridized carbons (Fsp3) is 0.154. The predicted octanol–water partition coefficient (Wildman–Crippen LogP) is 2.71. The molecule has 2 N–H and O–H groups in total. The average molecular weight is 276 g/mol. The number of amides is 1. The molecule has 0 radical (unpaired) electrons. The maximum atomic E-state index is 12.0. The van der Waals surface area contributed by atoms with E-state index in [0.29, 0.717) is 17.7 Å². The van der Waals surface area contributed by atoms with Crippen LogP contribution in [0.5, 0.6) is 5.75 Å². The molecule has 7 nitrogen and oxygen atoms in total. The maximum Gasteiger partial charge on any atom is 0.271 e. The second-order valence-electron chi connectivity index (χ2n) is 4.02. The van der Waals surface area contributed by atoms with Crippen molar-refractivity contribution in [3.8, 4) is 5.75 Å². The van der Waals surface area contributed by atoms with Crippen LogP contribution in [0, 0.1) is 10.1 Å². The first kappa shape index (κ1) is 13.6. The highest BCUT2D eigenvalue weighted by atomic mass is 16.6. The number of aromatic hydroxyl groups is 1. The number of hydrogen-bond acceptors (Lipinski definition) is 5. The Bertz CT molecular complexity index is 663. The van der Waals surface area contributed by atoms with Gasteiger partial charge in [0.15, 0.2) is 0 Å². The lowest BCUT2D eigenvalue weighted by atomic mass is 10.2. The number of nitro benzene ring substituents is 1. The van der Waals surface area contributed by atoms with E-state index in [2.05, 4.69) is 5.32 Å². The molecule has 7 heteroatoms. The molecule has 1 heterocycles. The first-order valence-electron chi connectivity index (χ1n) is 5.88. The molecule has 1 aromatic carbocycles. The summed E-state index contributed by atoms with van der Waals surface area (Å²) in [6.45, 7) is 1.83. The van der Waals surface area contributed by atoms with Gasteiger partial charge >= 0.3 is 0 Å². The van der Waals surface area contributed by atoms with Crippen LogP contribution in [-0.2, 0) is 6.42 Å². The van der Waals surface area contributed by atoms with Crippen molar-refractivity contribution < 1.29 is 19.2 Å². The molecule has 104 valence electrons. The minimum atomic E-state index is -0.607. The highest BCUT2D eigenvalue weighted by Crippen LogP contribution is 2.28. The number of carbonyl (C=O) groups is 1. The monoisotopic (exact) mass is 276 g/mol. The van der Waals surface area contributed by atoms with Gasteiger partial charge in [0.1, 0.15) is 11.5 Å². The first-order chi connectivity index (χ1) is 9.52. The molecule has 0 unspecified atom stereocenters. The zero-order valence-electron chi connectivity index (χ0n) is 10.6. The minimum Gasteiger partial charge on any atom is -0.506 e. The normalized spacial score (nSPS) is 10.2. The third-order valence-electron chi connectivity index (χ3n) is 2.75. The molecule has 0 spiro atoms. The summed E-state index contributed by atoms with van der Waals surface area (Å²) >= 11 is 0. The first-order valence-corrected chi connectivity index (χ1v) is 5.88. The molecule has 20 heavy (non-hydrogen) atoms. The number of furan rings is 1. The number of nitrogens with one attached hydrogen (secondary N) is 1. The van der Waals surface area contributed by atoms with Crippen LogP contribution in [0.15, 0.2) is 34.9 Å². The van der Waals surface area contributed by atoms with Gasteiger partial charge in [-0.1, -0.05) is 6.92 Å². The van der Waals surface area contributed by atoms with Gasteiger partial charge in [0, 0.05) is 18.6 Å². The summed E-state index contributed by atoms with van der Waals surface area (Å²) in [4.78, 5) is 22.1. The molecule has 0 saturated heterocycles. The van der Waals surface area contributed by atoms with Crippen LogP contribution in [0.2, 0.25) is 0 Å². The van der Waals surface area contributed by atoms with E-state index in [1.54, 1.807) is 0 Å². The third kappa shape index (κ3) is 2.61. The van der Waals surface area contributed by atoms with E-state index in [1.165, 1.54) is 12.3 Å². The summed E-state index contributed by atoms with van der Waals surface area (Å²) < 4.78 is 5.13.